The van der Waals surface area contributed by atoms with Gasteiger partial charge < -0.3 is 4.74 Å². The van der Waals surface area contributed by atoms with Gasteiger partial charge in [0.25, 0.3) is 0 Å². The molecule has 128 valence electrons. The van der Waals surface area contributed by atoms with E-state index in [1.54, 1.807) is 22.9 Å². The van der Waals surface area contributed by atoms with Crippen LogP contribution < -0.4 is 4.74 Å². The van der Waals surface area contributed by atoms with E-state index in [-0.39, 0.29) is 6.61 Å². The maximum atomic E-state index is 6.10. The molecule has 8 heteroatoms. The minimum atomic E-state index is 0.190. The maximum Gasteiger partial charge on any atom is 0.216 e. The van der Waals surface area contributed by atoms with Crippen molar-refractivity contribution >= 4 is 41.6 Å². The zero-order valence-corrected chi connectivity index (χ0v) is 15.4. The van der Waals surface area contributed by atoms with E-state index in [2.05, 4.69) is 15.3 Å². The van der Waals surface area contributed by atoms with Crippen LogP contribution in [0.5, 0.6) is 5.75 Å². The van der Waals surface area contributed by atoms with Gasteiger partial charge >= 0.3 is 0 Å². The summed E-state index contributed by atoms with van der Waals surface area (Å²) in [4.78, 5) is 0. The summed E-state index contributed by atoms with van der Waals surface area (Å²) in [5.41, 5.74) is 0. The average molecular weight is 385 g/mol. The largest absolute Gasteiger partial charge is 0.484 e. The van der Waals surface area contributed by atoms with Crippen LogP contribution >= 0.6 is 35.4 Å². The minimum Gasteiger partial charge on any atom is -0.484 e. The molecular weight excluding hydrogens is 367 g/mol. The third kappa shape index (κ3) is 4.37. The number of rotatable bonds is 5. The Morgan fingerprint density at radius 2 is 2.12 bits per heavy atom. The normalized spacial score (nSPS) is 15.9. The van der Waals surface area contributed by atoms with Crippen molar-refractivity contribution in [2.45, 2.75) is 38.7 Å². The molecule has 1 aromatic heterocycles. The lowest BCUT2D eigenvalue weighted by atomic mass is 9.90. The van der Waals surface area contributed by atoms with Crippen LogP contribution in [-0.4, -0.2) is 21.1 Å². The third-order valence-electron chi connectivity index (χ3n) is 4.01. The molecule has 2 aromatic rings. The van der Waals surface area contributed by atoms with E-state index in [1.807, 2.05) is 6.21 Å². The highest BCUT2D eigenvalue weighted by molar-refractivity contribution is 7.71. The van der Waals surface area contributed by atoms with E-state index in [0.717, 1.165) is 0 Å². The van der Waals surface area contributed by atoms with Crippen LogP contribution in [0.2, 0.25) is 10.0 Å². The Kier molecular flexibility index (Phi) is 5.92. The Morgan fingerprint density at radius 3 is 2.92 bits per heavy atom. The second kappa shape index (κ2) is 8.14. The number of aromatic nitrogens is 3. The lowest BCUT2D eigenvalue weighted by Gasteiger charge is -2.16. The van der Waals surface area contributed by atoms with Crippen molar-refractivity contribution in [1.82, 2.24) is 14.9 Å². The van der Waals surface area contributed by atoms with Crippen LogP contribution in [-0.2, 0) is 6.61 Å². The van der Waals surface area contributed by atoms with Gasteiger partial charge in [-0.3, -0.25) is 0 Å². The summed E-state index contributed by atoms with van der Waals surface area (Å²) in [5, 5.41) is 12.5. The van der Waals surface area contributed by atoms with Gasteiger partial charge in [-0.05, 0) is 43.1 Å². The van der Waals surface area contributed by atoms with Gasteiger partial charge in [0.1, 0.15) is 12.4 Å². The molecule has 0 atom stereocenters. The monoisotopic (exact) mass is 384 g/mol. The highest BCUT2D eigenvalue weighted by Crippen LogP contribution is 2.28. The summed E-state index contributed by atoms with van der Waals surface area (Å²) in [6.45, 7) is 0.190. The zero-order valence-electron chi connectivity index (χ0n) is 13.0. The van der Waals surface area contributed by atoms with Gasteiger partial charge in [0.05, 0.1) is 5.02 Å². The third-order valence-corrected chi connectivity index (χ3v) is 4.82. The molecule has 1 aliphatic rings. The van der Waals surface area contributed by atoms with Gasteiger partial charge in [0, 0.05) is 17.3 Å². The highest BCUT2D eigenvalue weighted by Gasteiger charge is 2.12. The number of hydrogen-bond acceptors (Lipinski definition) is 4. The van der Waals surface area contributed by atoms with E-state index in [1.165, 1.54) is 32.1 Å². The Morgan fingerprint density at radius 1 is 1.33 bits per heavy atom. The molecule has 0 saturated heterocycles. The molecule has 1 fully saturated rings. The fourth-order valence-corrected chi connectivity index (χ4v) is 3.24. The molecule has 0 spiro atoms. The van der Waals surface area contributed by atoms with E-state index >= 15 is 0 Å². The number of benzene rings is 1. The van der Waals surface area contributed by atoms with E-state index in [0.29, 0.717) is 32.3 Å². The number of nitrogens with one attached hydrogen (secondary N) is 1. The predicted octanol–water partition coefficient (Wildman–Crippen LogP) is 5.24. The Labute approximate surface area is 155 Å². The fourth-order valence-electron chi connectivity index (χ4n) is 2.71. The Balaban J connectivity index is 1.71. The van der Waals surface area contributed by atoms with Crippen molar-refractivity contribution in [3.8, 4) is 5.75 Å². The minimum absolute atomic E-state index is 0.190. The molecule has 0 aliphatic heterocycles. The van der Waals surface area contributed by atoms with Crippen LogP contribution in [0.15, 0.2) is 23.3 Å². The Bertz CT molecular complexity index is 781. The van der Waals surface area contributed by atoms with Gasteiger partial charge in [-0.15, -0.1) is 0 Å². The number of nitrogens with zero attached hydrogens (tertiary/aromatic N) is 3. The number of hydrogen-bond donors (Lipinski definition) is 1. The molecule has 0 bridgehead atoms. The fraction of sp³-hybridized carbons (Fsp3) is 0.438. The summed E-state index contributed by atoms with van der Waals surface area (Å²) in [6, 6.07) is 5.07. The topological polar surface area (TPSA) is 55.2 Å². The van der Waals surface area contributed by atoms with Gasteiger partial charge in [-0.1, -0.05) is 42.5 Å². The standard InChI is InChI=1S/C16H18Cl2N4OS/c17-12-6-7-13(18)14(8-12)23-10-15-20-21-16(24)22(15)19-9-11-4-2-1-3-5-11/h6-9,11H,1-5,10H2,(H,21,24)/b19-9-. The molecule has 3 rings (SSSR count). The zero-order chi connectivity index (χ0) is 16.9. The molecular formula is C16H18Cl2N4OS. The summed E-state index contributed by atoms with van der Waals surface area (Å²) in [7, 11) is 0. The first-order valence-electron chi connectivity index (χ1n) is 7.92. The number of ether oxygens (including phenoxy) is 1. The van der Waals surface area contributed by atoms with E-state index < -0.39 is 0 Å². The first kappa shape index (κ1) is 17.5. The van der Waals surface area contributed by atoms with Gasteiger partial charge in [-0.25, -0.2) is 5.10 Å². The number of halogens is 2. The predicted molar refractivity (Wildman–Crippen MR) is 98.7 cm³/mol. The molecule has 1 heterocycles. The van der Waals surface area contributed by atoms with Gasteiger partial charge in [-0.2, -0.15) is 14.9 Å². The summed E-state index contributed by atoms with van der Waals surface area (Å²) >= 11 is 17.3. The number of aromatic amines is 1. The van der Waals surface area contributed by atoms with E-state index in [4.69, 9.17) is 40.2 Å². The summed E-state index contributed by atoms with van der Waals surface area (Å²) < 4.78 is 7.75. The molecule has 5 nitrogen and oxygen atoms in total. The molecule has 1 saturated carbocycles. The van der Waals surface area contributed by atoms with Gasteiger partial charge in [0.2, 0.25) is 4.77 Å². The molecule has 1 aromatic carbocycles. The highest BCUT2D eigenvalue weighted by atomic mass is 35.5. The van der Waals surface area contributed by atoms with Crippen molar-refractivity contribution in [1.29, 1.82) is 0 Å². The smallest absolute Gasteiger partial charge is 0.216 e. The lowest BCUT2D eigenvalue weighted by molar-refractivity contribution is 0.291. The quantitative estimate of drug-likeness (QED) is 0.566. The first-order valence-corrected chi connectivity index (χ1v) is 9.08. The van der Waals surface area contributed by atoms with Crippen LogP contribution in [0.25, 0.3) is 0 Å². The molecule has 24 heavy (non-hydrogen) atoms. The Hall–Kier alpha value is -1.37. The van der Waals surface area contributed by atoms with Crippen molar-refractivity contribution in [2.75, 3.05) is 0 Å². The van der Waals surface area contributed by atoms with Crippen LogP contribution in [0.4, 0.5) is 0 Å². The van der Waals surface area contributed by atoms with Crippen molar-refractivity contribution in [3.63, 3.8) is 0 Å². The molecule has 0 unspecified atom stereocenters. The van der Waals surface area contributed by atoms with Gasteiger partial charge in [0.15, 0.2) is 5.82 Å². The van der Waals surface area contributed by atoms with E-state index in [9.17, 15) is 0 Å². The number of H-pyrrole nitrogens is 1. The SMILES string of the molecule is S=c1[nH]nc(COc2cc(Cl)ccc2Cl)n1/N=C\C1CCCCC1. The molecule has 1 N–H and O–H groups in total. The summed E-state index contributed by atoms with van der Waals surface area (Å²) in [5.74, 6) is 1.59. The second-order valence-corrected chi connectivity index (χ2v) is 7.01. The molecule has 1 aliphatic carbocycles. The second-order valence-electron chi connectivity index (χ2n) is 5.78. The lowest BCUT2D eigenvalue weighted by Crippen LogP contribution is -2.10. The van der Waals surface area contributed by atoms with Crippen LogP contribution in [0.3, 0.4) is 0 Å². The van der Waals surface area contributed by atoms with Crippen molar-refractivity contribution < 1.29 is 4.74 Å². The maximum absolute atomic E-state index is 6.10. The van der Waals surface area contributed by atoms with Crippen molar-refractivity contribution in [3.05, 3.63) is 38.8 Å². The first-order chi connectivity index (χ1) is 11.6. The molecule has 0 amide bonds. The van der Waals surface area contributed by atoms with Crippen molar-refractivity contribution in [2.24, 2.45) is 11.0 Å². The average Bonchev–Trinajstić information content (AvgIpc) is 2.95. The molecule has 0 radical (unpaired) electrons. The van der Waals surface area contributed by atoms with Crippen LogP contribution in [0, 0.1) is 10.7 Å². The van der Waals surface area contributed by atoms with Crippen LogP contribution in [0.1, 0.15) is 37.9 Å². The summed E-state index contributed by atoms with van der Waals surface area (Å²) in [6.07, 6.45) is 8.17.